The van der Waals surface area contributed by atoms with E-state index in [-0.39, 0.29) is 23.8 Å². The third-order valence-corrected chi connectivity index (χ3v) is 7.24. The van der Waals surface area contributed by atoms with Crippen LogP contribution in [0.15, 0.2) is 67.0 Å². The van der Waals surface area contributed by atoms with Gasteiger partial charge in [-0.3, -0.25) is 9.48 Å². The monoisotopic (exact) mass is 525 g/mol. The maximum atomic E-state index is 13.7. The zero-order valence-corrected chi connectivity index (χ0v) is 22.3. The van der Waals surface area contributed by atoms with Crippen molar-refractivity contribution in [3.05, 3.63) is 83.7 Å². The Hall–Kier alpha value is -4.24. The van der Waals surface area contributed by atoms with Gasteiger partial charge in [0.05, 0.1) is 25.1 Å². The van der Waals surface area contributed by atoms with Gasteiger partial charge in [0, 0.05) is 36.7 Å². The van der Waals surface area contributed by atoms with Crippen LogP contribution in [-0.4, -0.2) is 50.6 Å². The second kappa shape index (κ2) is 10.1. The molecule has 3 aromatic heterocycles. The third kappa shape index (κ3) is 5.22. The van der Waals surface area contributed by atoms with Gasteiger partial charge < -0.3 is 19.5 Å². The molecular formula is C30H31N5O4. The second-order valence-electron chi connectivity index (χ2n) is 10.6. The largest absolute Gasteiger partial charge is 0.471 e. The molecule has 1 amide bonds. The van der Waals surface area contributed by atoms with Crippen molar-refractivity contribution in [2.45, 2.75) is 44.3 Å². The average Bonchev–Trinajstić information content (AvgIpc) is 3.64. The van der Waals surface area contributed by atoms with Crippen molar-refractivity contribution >= 4 is 11.7 Å². The summed E-state index contributed by atoms with van der Waals surface area (Å²) in [6.45, 7) is 5.19. The van der Waals surface area contributed by atoms with Crippen molar-refractivity contribution in [1.29, 1.82) is 0 Å². The number of benzene rings is 1. The summed E-state index contributed by atoms with van der Waals surface area (Å²) in [6, 6.07) is 17.6. The highest BCUT2D eigenvalue weighted by atomic mass is 16.6. The minimum absolute atomic E-state index is 0.00449. The summed E-state index contributed by atoms with van der Waals surface area (Å²) in [4.78, 5) is 23.1. The molecule has 1 N–H and O–H groups in total. The standard InChI is InChI=1S/C30H31N5O4/c1-30(2)24(14-19-8-5-4-6-9-19)22-15-23(28(34-29(22)39-30)38-21-12-13-37-18-21)27(36)33-26-11-7-10-25(32-26)20-16-31-35(3)17-20/h4-11,15-17,21,24H,12-14,18H2,1-3H3,(H,32,33,36)/t21?,24-/m1/s1. The van der Waals surface area contributed by atoms with Crippen LogP contribution in [0, 0.1) is 0 Å². The third-order valence-electron chi connectivity index (χ3n) is 7.24. The predicted molar refractivity (Wildman–Crippen MR) is 146 cm³/mol. The molecule has 39 heavy (non-hydrogen) atoms. The number of nitrogens with zero attached hydrogens (tertiary/aromatic N) is 4. The van der Waals surface area contributed by atoms with Crippen molar-refractivity contribution in [2.24, 2.45) is 7.05 Å². The number of amides is 1. The van der Waals surface area contributed by atoms with Gasteiger partial charge in [-0.1, -0.05) is 36.4 Å². The summed E-state index contributed by atoms with van der Waals surface area (Å²) in [5.41, 5.74) is 3.49. The van der Waals surface area contributed by atoms with Crippen LogP contribution in [-0.2, 0) is 18.2 Å². The van der Waals surface area contributed by atoms with Gasteiger partial charge in [0.25, 0.3) is 5.91 Å². The van der Waals surface area contributed by atoms with E-state index in [1.54, 1.807) is 16.9 Å². The highest BCUT2D eigenvalue weighted by Gasteiger charge is 2.43. The Morgan fingerprint density at radius 3 is 2.74 bits per heavy atom. The number of aromatic nitrogens is 4. The van der Waals surface area contributed by atoms with Gasteiger partial charge in [0.2, 0.25) is 11.8 Å². The van der Waals surface area contributed by atoms with E-state index < -0.39 is 5.60 Å². The summed E-state index contributed by atoms with van der Waals surface area (Å²) in [7, 11) is 1.85. The van der Waals surface area contributed by atoms with Crippen molar-refractivity contribution in [1.82, 2.24) is 19.7 Å². The molecule has 9 heteroatoms. The fourth-order valence-corrected chi connectivity index (χ4v) is 5.15. The molecule has 2 aliphatic heterocycles. The summed E-state index contributed by atoms with van der Waals surface area (Å²) in [6.07, 6.45) is 4.93. The molecule has 1 aromatic carbocycles. The Kier molecular flexibility index (Phi) is 6.52. The zero-order valence-electron chi connectivity index (χ0n) is 22.3. The highest BCUT2D eigenvalue weighted by molar-refractivity contribution is 6.05. The van der Waals surface area contributed by atoms with Crippen LogP contribution in [0.1, 0.15) is 47.7 Å². The Bertz CT molecular complexity index is 1490. The van der Waals surface area contributed by atoms with E-state index in [9.17, 15) is 4.79 Å². The number of ether oxygens (including phenoxy) is 3. The number of carbonyl (C=O) groups is 1. The number of nitrogens with one attached hydrogen (secondary N) is 1. The van der Waals surface area contributed by atoms with Crippen molar-refractivity contribution < 1.29 is 19.0 Å². The number of anilines is 1. The Labute approximate surface area is 227 Å². The first kappa shape index (κ1) is 25.1. The van der Waals surface area contributed by atoms with Crippen molar-refractivity contribution in [3.8, 4) is 23.0 Å². The summed E-state index contributed by atoms with van der Waals surface area (Å²) >= 11 is 0. The summed E-state index contributed by atoms with van der Waals surface area (Å²) in [5.74, 6) is 0.821. The zero-order chi connectivity index (χ0) is 27.0. The van der Waals surface area contributed by atoms with Gasteiger partial charge in [-0.05, 0) is 44.0 Å². The molecule has 4 aromatic rings. The quantitative estimate of drug-likeness (QED) is 0.370. The first-order chi connectivity index (χ1) is 18.9. The molecule has 0 saturated carbocycles. The number of carbonyl (C=O) groups excluding carboxylic acids is 1. The van der Waals surface area contributed by atoms with Gasteiger partial charge in [-0.2, -0.15) is 10.1 Å². The number of hydrogen-bond donors (Lipinski definition) is 1. The van der Waals surface area contributed by atoms with E-state index in [1.807, 2.05) is 49.6 Å². The molecule has 2 aliphatic rings. The molecular weight excluding hydrogens is 494 g/mol. The fourth-order valence-electron chi connectivity index (χ4n) is 5.15. The minimum atomic E-state index is -0.506. The lowest BCUT2D eigenvalue weighted by Crippen LogP contribution is -2.31. The van der Waals surface area contributed by atoms with E-state index >= 15 is 0 Å². The molecule has 1 saturated heterocycles. The Morgan fingerprint density at radius 1 is 1.15 bits per heavy atom. The normalized spacial score (nSPS) is 19.4. The van der Waals surface area contributed by atoms with Gasteiger partial charge in [-0.15, -0.1) is 0 Å². The van der Waals surface area contributed by atoms with Crippen LogP contribution in [0.25, 0.3) is 11.3 Å². The minimum Gasteiger partial charge on any atom is -0.471 e. The van der Waals surface area contributed by atoms with E-state index in [1.165, 1.54) is 5.56 Å². The molecule has 1 fully saturated rings. The number of fused-ring (bicyclic) bond motifs is 1. The lowest BCUT2D eigenvalue weighted by atomic mass is 9.82. The highest BCUT2D eigenvalue weighted by Crippen LogP contribution is 2.47. The number of hydrogen-bond acceptors (Lipinski definition) is 7. The van der Waals surface area contributed by atoms with Gasteiger partial charge in [0.15, 0.2) is 0 Å². The van der Waals surface area contributed by atoms with Crippen molar-refractivity contribution in [3.63, 3.8) is 0 Å². The van der Waals surface area contributed by atoms with E-state index in [0.717, 1.165) is 24.0 Å². The number of pyridine rings is 2. The number of rotatable bonds is 7. The molecule has 0 spiro atoms. The fraction of sp³-hybridized carbons (Fsp3) is 0.333. The lowest BCUT2D eigenvalue weighted by Gasteiger charge is -2.26. The van der Waals surface area contributed by atoms with Crippen LogP contribution < -0.4 is 14.8 Å². The maximum Gasteiger partial charge on any atom is 0.262 e. The lowest BCUT2D eigenvalue weighted by molar-refractivity contribution is 0.0997. The van der Waals surface area contributed by atoms with Gasteiger partial charge >= 0.3 is 0 Å². The maximum absolute atomic E-state index is 13.7. The van der Waals surface area contributed by atoms with Crippen molar-refractivity contribution in [2.75, 3.05) is 18.5 Å². The molecule has 0 radical (unpaired) electrons. The smallest absolute Gasteiger partial charge is 0.262 e. The van der Waals surface area contributed by atoms with Crippen LogP contribution in [0.5, 0.6) is 11.8 Å². The predicted octanol–water partition coefficient (Wildman–Crippen LogP) is 4.79. The molecule has 9 nitrogen and oxygen atoms in total. The van der Waals surface area contributed by atoms with Crippen LogP contribution in [0.3, 0.4) is 0 Å². The Morgan fingerprint density at radius 2 is 2.00 bits per heavy atom. The van der Waals surface area contributed by atoms with Gasteiger partial charge in [-0.25, -0.2) is 4.98 Å². The SMILES string of the molecule is Cn1cc(-c2cccc(NC(=O)c3cc4c(nc3OC3CCOC3)OC(C)(C)[C@@H]4Cc3ccccc3)n2)cn1. The molecule has 1 unspecified atom stereocenters. The van der Waals surface area contributed by atoms with E-state index in [4.69, 9.17) is 19.2 Å². The van der Waals surface area contributed by atoms with Crippen LogP contribution in [0.4, 0.5) is 5.82 Å². The van der Waals surface area contributed by atoms with E-state index in [0.29, 0.717) is 36.2 Å². The van der Waals surface area contributed by atoms with Gasteiger partial charge in [0.1, 0.15) is 23.1 Å². The first-order valence-electron chi connectivity index (χ1n) is 13.2. The first-order valence-corrected chi connectivity index (χ1v) is 13.2. The number of aryl methyl sites for hydroxylation is 1. The molecule has 6 rings (SSSR count). The Balaban J connectivity index is 1.34. The van der Waals surface area contributed by atoms with Crippen LogP contribution >= 0.6 is 0 Å². The average molecular weight is 526 g/mol. The second-order valence-corrected chi connectivity index (χ2v) is 10.6. The molecule has 0 bridgehead atoms. The van der Waals surface area contributed by atoms with E-state index in [2.05, 4.69) is 41.4 Å². The molecule has 2 atom stereocenters. The molecule has 0 aliphatic carbocycles. The topological polar surface area (TPSA) is 100 Å². The molecule has 5 heterocycles. The summed E-state index contributed by atoms with van der Waals surface area (Å²) in [5, 5.41) is 7.16. The molecule has 200 valence electrons. The van der Waals surface area contributed by atoms with Crippen LogP contribution in [0.2, 0.25) is 0 Å². The summed E-state index contributed by atoms with van der Waals surface area (Å²) < 4.78 is 19.7.